The van der Waals surface area contributed by atoms with Crippen LogP contribution in [0.2, 0.25) is 5.02 Å². The van der Waals surface area contributed by atoms with Crippen molar-refractivity contribution in [1.82, 2.24) is 40.2 Å². The summed E-state index contributed by atoms with van der Waals surface area (Å²) in [6, 6.07) is 26.1. The number of ether oxygens (including phenoxy) is 1. The molecule has 0 saturated carbocycles. The molecule has 3 aliphatic heterocycles. The number of benzene rings is 4. The number of aromatic nitrogens is 4. The number of nitrogens with one attached hydrogen (secondary N) is 2. The molecule has 6 aromatic rings. The van der Waals surface area contributed by atoms with E-state index in [9.17, 15) is 24.0 Å². The van der Waals surface area contributed by atoms with E-state index in [-0.39, 0.29) is 67.6 Å². The van der Waals surface area contributed by atoms with Crippen LogP contribution in [0.25, 0.3) is 22.3 Å². The largest absolute Gasteiger partial charge is 0.457 e. The molecule has 0 aliphatic carbocycles. The molecule has 3 aliphatic rings. The zero-order valence-corrected chi connectivity index (χ0v) is 36.3. The van der Waals surface area contributed by atoms with Gasteiger partial charge in [-0.3, -0.25) is 29.4 Å². The third-order valence-corrected chi connectivity index (χ3v) is 12.5. The number of aryl methyl sites for hydroxylation is 1. The second-order valence-electron chi connectivity index (χ2n) is 16.4. The van der Waals surface area contributed by atoms with Crippen LogP contribution in [0.3, 0.4) is 0 Å². The lowest BCUT2D eigenvalue weighted by Gasteiger charge is -2.34. The fourth-order valence-electron chi connectivity index (χ4n) is 8.62. The van der Waals surface area contributed by atoms with Gasteiger partial charge < -0.3 is 25.6 Å². The minimum Gasteiger partial charge on any atom is -0.457 e. The number of nitrogen functional groups attached to an aromatic ring is 1. The molecule has 330 valence electrons. The Morgan fingerprint density at radius 3 is 2.54 bits per heavy atom. The summed E-state index contributed by atoms with van der Waals surface area (Å²) >= 11 is 6.55. The Kier molecular flexibility index (Phi) is 11.7. The lowest BCUT2D eigenvalue weighted by molar-refractivity contribution is -0.137. The third kappa shape index (κ3) is 8.72. The summed E-state index contributed by atoms with van der Waals surface area (Å²) in [7, 11) is 0. The number of hydrogen-bond donors (Lipinski definition) is 3. The van der Waals surface area contributed by atoms with Gasteiger partial charge in [0.05, 0.1) is 18.0 Å². The lowest BCUT2D eigenvalue weighted by Crippen LogP contribution is -2.52. The third-order valence-electron chi connectivity index (χ3n) is 12.0. The average Bonchev–Trinajstić information content (AvgIpc) is 3.87. The van der Waals surface area contributed by atoms with Gasteiger partial charge in [-0.2, -0.15) is 5.10 Å². The first-order valence-corrected chi connectivity index (χ1v) is 21.7. The van der Waals surface area contributed by atoms with E-state index >= 15 is 0 Å². The fourth-order valence-corrected chi connectivity index (χ4v) is 8.79. The highest BCUT2D eigenvalue weighted by atomic mass is 35.5. The Hall–Kier alpha value is -7.59. The number of rotatable bonds is 11. The Morgan fingerprint density at radius 1 is 0.985 bits per heavy atom. The van der Waals surface area contributed by atoms with Crippen molar-refractivity contribution in [2.24, 2.45) is 0 Å². The van der Waals surface area contributed by atoms with Crippen LogP contribution in [0.15, 0.2) is 109 Å². The van der Waals surface area contributed by atoms with Gasteiger partial charge >= 0.3 is 6.03 Å². The number of urea groups is 1. The summed E-state index contributed by atoms with van der Waals surface area (Å²) in [6.45, 7) is 6.99. The van der Waals surface area contributed by atoms with Gasteiger partial charge in [0, 0.05) is 60.0 Å². The molecular weight excluding hydrogens is 848 g/mol. The predicted octanol–water partition coefficient (Wildman–Crippen LogP) is 6.73. The van der Waals surface area contributed by atoms with Crippen molar-refractivity contribution >= 4 is 63.8 Å². The van der Waals surface area contributed by atoms with Gasteiger partial charge in [-0.15, -0.1) is 0 Å². The van der Waals surface area contributed by atoms with Gasteiger partial charge in [-0.05, 0) is 97.5 Å². The highest BCUT2D eigenvalue weighted by molar-refractivity contribution is 6.31. The van der Waals surface area contributed by atoms with Crippen LogP contribution in [0.5, 0.6) is 11.5 Å². The molecule has 2 aromatic heterocycles. The number of likely N-dealkylation sites (tertiary alicyclic amines) is 1. The minimum atomic E-state index is -0.736. The smallest absolute Gasteiger partial charge is 0.322 e. The molecule has 9 rings (SSSR count). The van der Waals surface area contributed by atoms with Crippen LogP contribution in [0, 0.1) is 6.92 Å². The number of amides is 6. The molecule has 17 heteroatoms. The van der Waals surface area contributed by atoms with Gasteiger partial charge in [0.1, 0.15) is 35.4 Å². The number of imide groups is 1. The van der Waals surface area contributed by atoms with Crippen molar-refractivity contribution in [3.05, 3.63) is 137 Å². The number of halogens is 1. The van der Waals surface area contributed by atoms with Crippen molar-refractivity contribution in [1.29, 1.82) is 0 Å². The van der Waals surface area contributed by atoms with Crippen LogP contribution in [0.4, 0.5) is 16.3 Å². The molecule has 6 amide bonds. The van der Waals surface area contributed by atoms with Crippen LogP contribution in [-0.2, 0) is 27.5 Å². The quantitative estimate of drug-likeness (QED) is 0.0927. The monoisotopic (exact) mass is 892 g/mol. The number of hydrogen-bond acceptors (Lipinski definition) is 10. The van der Waals surface area contributed by atoms with Gasteiger partial charge in [0.15, 0.2) is 5.65 Å². The van der Waals surface area contributed by atoms with Crippen molar-refractivity contribution in [2.45, 2.75) is 57.8 Å². The van der Waals surface area contributed by atoms with Crippen LogP contribution in [0.1, 0.15) is 58.8 Å². The molecule has 0 radical (unpaired) electrons. The first kappa shape index (κ1) is 42.7. The molecule has 2 fully saturated rings. The summed E-state index contributed by atoms with van der Waals surface area (Å²) in [5.41, 5.74) is 11.8. The Bertz CT molecular complexity index is 2890. The SMILES string of the molecule is C=C(CN(C(=O)NCc1ccc2c(c1)CN(C1CCC(=O)NC1=O)C2=O)c1ccc(C)c(Cl)c1)C(=O)N1CCC[C@@H](n2nc(-c3ccc(Oc4ccccc4)cc3)c3c(N)ncnc32)C1. The first-order chi connectivity index (χ1) is 31.4. The summed E-state index contributed by atoms with van der Waals surface area (Å²) in [6.07, 6.45) is 3.23. The van der Waals surface area contributed by atoms with E-state index in [1.54, 1.807) is 35.2 Å². The number of carbonyl (C=O) groups excluding carboxylic acids is 5. The fraction of sp³-hybridized carbons (Fsp3) is 0.250. The molecule has 4 aromatic carbocycles. The topological polar surface area (TPSA) is 198 Å². The molecule has 4 N–H and O–H groups in total. The number of piperidine rings is 2. The summed E-state index contributed by atoms with van der Waals surface area (Å²) in [4.78, 5) is 79.4. The van der Waals surface area contributed by atoms with Gasteiger partial charge in [-0.25, -0.2) is 19.4 Å². The lowest BCUT2D eigenvalue weighted by atomic mass is 10.0. The molecule has 0 bridgehead atoms. The van der Waals surface area contributed by atoms with Crippen LogP contribution < -0.4 is 26.0 Å². The van der Waals surface area contributed by atoms with E-state index in [0.717, 1.165) is 28.9 Å². The minimum absolute atomic E-state index is 0.0997. The molecule has 2 saturated heterocycles. The number of para-hydroxylation sites is 1. The molecular formula is C48H45ClN10O6. The van der Waals surface area contributed by atoms with Crippen molar-refractivity contribution in [2.75, 3.05) is 30.3 Å². The first-order valence-electron chi connectivity index (χ1n) is 21.3. The van der Waals surface area contributed by atoms with Crippen molar-refractivity contribution < 1.29 is 28.7 Å². The number of anilines is 2. The van der Waals surface area contributed by atoms with Gasteiger partial charge in [0.2, 0.25) is 11.8 Å². The van der Waals surface area contributed by atoms with E-state index in [0.29, 0.717) is 63.8 Å². The van der Waals surface area contributed by atoms with Crippen LogP contribution >= 0.6 is 11.6 Å². The molecule has 16 nitrogen and oxygen atoms in total. The van der Waals surface area contributed by atoms with E-state index in [1.807, 2.05) is 72.3 Å². The maximum absolute atomic E-state index is 14.3. The maximum atomic E-state index is 14.3. The molecule has 2 atom stereocenters. The van der Waals surface area contributed by atoms with E-state index in [1.165, 1.54) is 16.1 Å². The summed E-state index contributed by atoms with van der Waals surface area (Å²) in [5.74, 6) is 0.237. The van der Waals surface area contributed by atoms with E-state index < -0.39 is 18.0 Å². The van der Waals surface area contributed by atoms with E-state index in [2.05, 4.69) is 27.2 Å². The number of nitrogens with zero attached hydrogens (tertiary/aromatic N) is 7. The number of fused-ring (bicyclic) bond motifs is 2. The van der Waals surface area contributed by atoms with Crippen molar-refractivity contribution in [3.8, 4) is 22.8 Å². The Balaban J connectivity index is 0.894. The normalized spacial score (nSPS) is 17.2. The number of nitrogens with two attached hydrogens (primary N) is 1. The average molecular weight is 893 g/mol. The maximum Gasteiger partial charge on any atom is 0.322 e. The van der Waals surface area contributed by atoms with Crippen molar-refractivity contribution in [3.63, 3.8) is 0 Å². The Morgan fingerprint density at radius 2 is 1.77 bits per heavy atom. The molecule has 65 heavy (non-hydrogen) atoms. The predicted molar refractivity (Wildman–Crippen MR) is 244 cm³/mol. The molecule has 5 heterocycles. The second kappa shape index (κ2) is 17.9. The molecule has 0 spiro atoms. The second-order valence-corrected chi connectivity index (χ2v) is 16.8. The molecule has 1 unspecified atom stereocenters. The van der Waals surface area contributed by atoms with Gasteiger partial charge in [0.25, 0.3) is 11.8 Å². The Labute approximate surface area is 379 Å². The highest BCUT2D eigenvalue weighted by Crippen LogP contribution is 2.36. The zero-order valence-electron chi connectivity index (χ0n) is 35.5. The van der Waals surface area contributed by atoms with Gasteiger partial charge in [-0.1, -0.05) is 54.6 Å². The summed E-state index contributed by atoms with van der Waals surface area (Å²) in [5, 5.41) is 11.4. The standard InChI is InChI=1S/C48H45ClN10O6/c1-28-10-14-33(22-38(28)49)57(48(64)51-23-30-11-17-37-32(21-30)25-58(47(37)63)39-18-19-40(60)54-45(39)61)24-29(2)46(62)56-20-6-7-34(26-56)59-44-41(43(50)52-27-53-44)42(55-59)31-12-15-36(16-13-31)65-35-8-4-3-5-9-35/h3-5,8-17,21-22,27,34,39H,2,6-7,18-20,23-26H2,1H3,(H,51,64)(H2,50,52,53)(H,54,60,61)/t34-,39?/m1/s1. The zero-order chi connectivity index (χ0) is 45.4. The van der Waals surface area contributed by atoms with E-state index in [4.69, 9.17) is 27.2 Å². The number of carbonyl (C=O) groups is 5. The summed E-state index contributed by atoms with van der Waals surface area (Å²) < 4.78 is 7.83. The highest BCUT2D eigenvalue weighted by Gasteiger charge is 2.39. The van der Waals surface area contributed by atoms with Crippen LogP contribution in [-0.4, -0.2) is 84.9 Å².